The van der Waals surface area contributed by atoms with E-state index in [4.69, 9.17) is 0 Å². The van der Waals surface area contributed by atoms with Crippen LogP contribution in [0.5, 0.6) is 0 Å². The predicted molar refractivity (Wildman–Crippen MR) is 146 cm³/mol. The van der Waals surface area contributed by atoms with E-state index >= 15 is 0 Å². The number of hydrogen-bond donors (Lipinski definition) is 1. The van der Waals surface area contributed by atoms with Crippen molar-refractivity contribution in [2.75, 3.05) is 13.1 Å². The van der Waals surface area contributed by atoms with Crippen molar-refractivity contribution < 1.29 is 0 Å². The topological polar surface area (TPSA) is 12.0 Å². The lowest BCUT2D eigenvalue weighted by Gasteiger charge is -2.22. The molecule has 0 unspecified atom stereocenters. The lowest BCUT2D eigenvalue weighted by molar-refractivity contribution is 0.342. The summed E-state index contributed by atoms with van der Waals surface area (Å²) in [5, 5.41) is 3.48. The van der Waals surface area contributed by atoms with Crippen molar-refractivity contribution in [3.63, 3.8) is 0 Å². The summed E-state index contributed by atoms with van der Waals surface area (Å²) in [7, 11) is 0. The van der Waals surface area contributed by atoms with Gasteiger partial charge in [0.15, 0.2) is 0 Å². The maximum Gasteiger partial charge on any atom is -0.00463 e. The number of hydrogen-bond acceptors (Lipinski definition) is 1. The third-order valence-corrected chi connectivity index (χ3v) is 7.82. The van der Waals surface area contributed by atoms with Crippen molar-refractivity contribution >= 4 is 0 Å². The van der Waals surface area contributed by atoms with Gasteiger partial charge in [0.1, 0.15) is 0 Å². The summed E-state index contributed by atoms with van der Waals surface area (Å²) < 4.78 is 0. The molecule has 1 heterocycles. The van der Waals surface area contributed by atoms with E-state index in [2.05, 4.69) is 12.2 Å². The molecule has 1 rings (SSSR count). The van der Waals surface area contributed by atoms with Crippen LogP contribution in [-0.2, 0) is 0 Å². The first kappa shape index (κ1) is 30.0. The van der Waals surface area contributed by atoms with Gasteiger partial charge in [-0.2, -0.15) is 0 Å². The third kappa shape index (κ3) is 21.8. The molecule has 0 amide bonds. The van der Waals surface area contributed by atoms with E-state index in [-0.39, 0.29) is 0 Å². The third-order valence-electron chi connectivity index (χ3n) is 7.82. The van der Waals surface area contributed by atoms with Crippen molar-refractivity contribution in [2.24, 2.45) is 5.92 Å². The summed E-state index contributed by atoms with van der Waals surface area (Å²) >= 11 is 0. The van der Waals surface area contributed by atoms with E-state index in [0.717, 1.165) is 12.3 Å². The Kier molecular flexibility index (Phi) is 24.0. The first-order chi connectivity index (χ1) is 15.9. The zero-order valence-corrected chi connectivity index (χ0v) is 22.3. The fourth-order valence-corrected chi connectivity index (χ4v) is 5.49. The maximum atomic E-state index is 3.92. The predicted octanol–water partition coefficient (Wildman–Crippen LogP) is 10.6. The molecule has 1 radical (unpaired) electrons. The van der Waals surface area contributed by atoms with Crippen LogP contribution < -0.4 is 5.32 Å². The molecule has 1 saturated heterocycles. The van der Waals surface area contributed by atoms with Gasteiger partial charge >= 0.3 is 0 Å². The molecule has 32 heavy (non-hydrogen) atoms. The SMILES string of the molecule is [CH2]CCCCCCCCCCCCCCCCCCCCCCCCCC1CCNCC1. The first-order valence-electron chi connectivity index (χ1n) is 15.4. The summed E-state index contributed by atoms with van der Waals surface area (Å²) in [6.07, 6.45) is 39.4. The van der Waals surface area contributed by atoms with Crippen LogP contribution in [0.25, 0.3) is 0 Å². The Labute approximate surface area is 204 Å². The summed E-state index contributed by atoms with van der Waals surface area (Å²) in [6, 6.07) is 0. The summed E-state index contributed by atoms with van der Waals surface area (Å²) in [5.74, 6) is 1.04. The van der Waals surface area contributed by atoms with E-state index < -0.39 is 0 Å². The highest BCUT2D eigenvalue weighted by molar-refractivity contribution is 4.68. The van der Waals surface area contributed by atoms with Crippen LogP contribution in [0.15, 0.2) is 0 Å². The van der Waals surface area contributed by atoms with Crippen molar-refractivity contribution in [3.8, 4) is 0 Å². The Morgan fingerprint density at radius 2 is 0.688 bits per heavy atom. The maximum absolute atomic E-state index is 3.92. The summed E-state index contributed by atoms with van der Waals surface area (Å²) in [5.41, 5.74) is 0. The molecule has 1 aliphatic heterocycles. The molecule has 0 aromatic carbocycles. The lowest BCUT2D eigenvalue weighted by Crippen LogP contribution is -2.27. The van der Waals surface area contributed by atoms with Crippen molar-refractivity contribution in [1.29, 1.82) is 0 Å². The molecule has 0 aromatic rings. The summed E-state index contributed by atoms with van der Waals surface area (Å²) in [4.78, 5) is 0. The van der Waals surface area contributed by atoms with Gasteiger partial charge in [-0.3, -0.25) is 0 Å². The van der Waals surface area contributed by atoms with Gasteiger partial charge in [0.2, 0.25) is 0 Å². The second kappa shape index (κ2) is 25.6. The Morgan fingerprint density at radius 3 is 1.00 bits per heavy atom. The van der Waals surface area contributed by atoms with Gasteiger partial charge < -0.3 is 5.32 Å². The summed E-state index contributed by atoms with van der Waals surface area (Å²) in [6.45, 7) is 6.45. The Morgan fingerprint density at radius 1 is 0.406 bits per heavy atom. The number of unbranched alkanes of at least 4 members (excludes halogenated alkanes) is 23. The van der Waals surface area contributed by atoms with Gasteiger partial charge in [0.05, 0.1) is 0 Å². The van der Waals surface area contributed by atoms with Crippen LogP contribution in [0.4, 0.5) is 0 Å². The van der Waals surface area contributed by atoms with E-state index in [1.165, 1.54) is 180 Å². The van der Waals surface area contributed by atoms with Crippen LogP contribution in [0.1, 0.15) is 173 Å². The molecule has 1 heteroatoms. The average molecular weight is 449 g/mol. The zero-order chi connectivity index (χ0) is 22.8. The normalized spacial score (nSPS) is 14.9. The number of nitrogens with one attached hydrogen (secondary N) is 1. The van der Waals surface area contributed by atoms with Crippen LogP contribution in [0.3, 0.4) is 0 Å². The van der Waals surface area contributed by atoms with Gasteiger partial charge in [-0.1, -0.05) is 167 Å². The monoisotopic (exact) mass is 448 g/mol. The van der Waals surface area contributed by atoms with Gasteiger partial charge in [-0.25, -0.2) is 0 Å². The Bertz CT molecular complexity index is 333. The molecule has 0 aliphatic carbocycles. The van der Waals surface area contributed by atoms with Crippen LogP contribution in [-0.4, -0.2) is 13.1 Å². The first-order valence-corrected chi connectivity index (χ1v) is 15.4. The Hall–Kier alpha value is -0.0400. The highest BCUT2D eigenvalue weighted by Crippen LogP contribution is 2.20. The molecule has 1 aliphatic rings. The molecule has 0 saturated carbocycles. The van der Waals surface area contributed by atoms with Gasteiger partial charge in [-0.05, 0) is 31.8 Å². The minimum absolute atomic E-state index is 1.04. The van der Waals surface area contributed by atoms with Crippen LogP contribution in [0.2, 0.25) is 0 Å². The van der Waals surface area contributed by atoms with E-state index in [9.17, 15) is 0 Å². The Balaban J connectivity index is 1.62. The minimum atomic E-state index is 1.04. The second-order valence-corrected chi connectivity index (χ2v) is 11.0. The van der Waals surface area contributed by atoms with E-state index in [1.807, 2.05) is 0 Å². The molecule has 0 atom stereocenters. The van der Waals surface area contributed by atoms with E-state index in [1.54, 1.807) is 0 Å². The average Bonchev–Trinajstić information content (AvgIpc) is 2.82. The molecule has 1 N–H and O–H groups in total. The zero-order valence-electron chi connectivity index (χ0n) is 22.3. The fraction of sp³-hybridized carbons (Fsp3) is 0.968. The van der Waals surface area contributed by atoms with Gasteiger partial charge in [-0.15, -0.1) is 0 Å². The largest absolute Gasteiger partial charge is 0.317 e. The van der Waals surface area contributed by atoms with Gasteiger partial charge in [0, 0.05) is 0 Å². The fourth-order valence-electron chi connectivity index (χ4n) is 5.49. The molecule has 1 fully saturated rings. The molecule has 0 bridgehead atoms. The van der Waals surface area contributed by atoms with Crippen molar-refractivity contribution in [3.05, 3.63) is 6.92 Å². The van der Waals surface area contributed by atoms with Crippen LogP contribution in [0, 0.1) is 12.8 Å². The number of piperidine rings is 1. The molecular formula is C31H62N. The molecular weight excluding hydrogens is 386 g/mol. The minimum Gasteiger partial charge on any atom is -0.317 e. The number of rotatable bonds is 25. The highest BCUT2D eigenvalue weighted by atomic mass is 14.9. The van der Waals surface area contributed by atoms with Crippen LogP contribution >= 0.6 is 0 Å². The second-order valence-electron chi connectivity index (χ2n) is 11.0. The van der Waals surface area contributed by atoms with Crippen molar-refractivity contribution in [2.45, 2.75) is 173 Å². The standard InChI is InChI=1S/C31H62N/c1-2-3-4-5-6-7-8-9-10-11-12-13-14-15-16-17-18-19-20-21-22-23-24-25-26-31-27-29-32-30-28-31/h31-32H,1-30H2. The van der Waals surface area contributed by atoms with Gasteiger partial charge in [0.25, 0.3) is 0 Å². The molecule has 0 aromatic heterocycles. The van der Waals surface area contributed by atoms with E-state index in [0.29, 0.717) is 0 Å². The lowest BCUT2D eigenvalue weighted by atomic mass is 9.92. The highest BCUT2D eigenvalue weighted by Gasteiger charge is 2.11. The molecule has 191 valence electrons. The molecule has 1 nitrogen and oxygen atoms in total. The van der Waals surface area contributed by atoms with Crippen molar-refractivity contribution in [1.82, 2.24) is 5.32 Å². The quantitative estimate of drug-likeness (QED) is 0.137. The molecule has 0 spiro atoms. The smallest absolute Gasteiger partial charge is 0.00463 e.